The summed E-state index contributed by atoms with van der Waals surface area (Å²) < 4.78 is 0. The molecule has 1 aliphatic rings. The lowest BCUT2D eigenvalue weighted by molar-refractivity contribution is 0.590. The molecule has 1 radical (unpaired) electrons. The Morgan fingerprint density at radius 3 is 2.29 bits per heavy atom. The molecule has 2 aromatic carbocycles. The van der Waals surface area contributed by atoms with Crippen molar-refractivity contribution in [1.29, 1.82) is 0 Å². The van der Waals surface area contributed by atoms with Gasteiger partial charge in [0, 0.05) is 11.1 Å². The molecule has 0 atom stereocenters. The van der Waals surface area contributed by atoms with Gasteiger partial charge in [-0.2, -0.15) is 0 Å². The molecule has 0 unspecified atom stereocenters. The van der Waals surface area contributed by atoms with Gasteiger partial charge < -0.3 is 0 Å². The molecule has 1 heterocycles. The van der Waals surface area contributed by atoms with Crippen molar-refractivity contribution < 1.29 is 0 Å². The fraction of sp³-hybridized carbons (Fsp3) is 0.250. The van der Waals surface area contributed by atoms with Crippen molar-refractivity contribution >= 4 is 11.4 Å². The highest BCUT2D eigenvalue weighted by Crippen LogP contribution is 2.46. The molecule has 0 saturated carbocycles. The zero-order valence-corrected chi connectivity index (χ0v) is 10.5. The van der Waals surface area contributed by atoms with Crippen LogP contribution in [0.1, 0.15) is 26.3 Å². The minimum atomic E-state index is 0.136. The number of benzene rings is 2. The van der Waals surface area contributed by atoms with Crippen molar-refractivity contribution in [1.82, 2.24) is 5.32 Å². The highest BCUT2D eigenvalue weighted by molar-refractivity contribution is 5.92. The van der Waals surface area contributed by atoms with Crippen molar-refractivity contribution in [3.05, 3.63) is 48.0 Å². The molecule has 1 aliphatic heterocycles. The summed E-state index contributed by atoms with van der Waals surface area (Å²) in [6.45, 7) is 6.71. The van der Waals surface area contributed by atoms with Gasteiger partial charge in [-0.25, -0.2) is 5.32 Å². The highest BCUT2D eigenvalue weighted by Gasteiger charge is 2.26. The van der Waals surface area contributed by atoms with Crippen LogP contribution in [0.25, 0.3) is 11.1 Å². The first-order valence-electron chi connectivity index (χ1n) is 6.02. The van der Waals surface area contributed by atoms with E-state index < -0.39 is 0 Å². The zero-order chi connectivity index (χ0) is 12.0. The van der Waals surface area contributed by atoms with Gasteiger partial charge >= 0.3 is 0 Å². The maximum Gasteiger partial charge on any atom is 0.0753 e. The smallest absolute Gasteiger partial charge is 0.0753 e. The first-order valence-corrected chi connectivity index (χ1v) is 6.02. The van der Waals surface area contributed by atoms with Gasteiger partial charge in [-0.05, 0) is 17.0 Å². The minimum Gasteiger partial charge on any atom is -0.247 e. The van der Waals surface area contributed by atoms with E-state index in [4.69, 9.17) is 5.32 Å². The lowest BCUT2D eigenvalue weighted by atomic mass is 9.84. The van der Waals surface area contributed by atoms with Crippen LogP contribution < -0.4 is 5.32 Å². The predicted molar refractivity (Wildman–Crippen MR) is 72.0 cm³/mol. The summed E-state index contributed by atoms with van der Waals surface area (Å²) in [5.74, 6) is 0. The van der Waals surface area contributed by atoms with Gasteiger partial charge in [0.05, 0.1) is 11.4 Å². The summed E-state index contributed by atoms with van der Waals surface area (Å²) in [6, 6.07) is 14.8. The first kappa shape index (κ1) is 10.4. The van der Waals surface area contributed by atoms with E-state index in [1.165, 1.54) is 16.7 Å². The van der Waals surface area contributed by atoms with Crippen LogP contribution in [0, 0.1) is 0 Å². The first-order chi connectivity index (χ1) is 8.07. The Labute approximate surface area is 102 Å². The van der Waals surface area contributed by atoms with E-state index in [0.717, 1.165) is 11.4 Å². The molecule has 0 N–H and O–H groups in total. The SMILES string of the molecule is CC(C)(C)c1cccc2c1[N]c1ccccc1-2. The lowest BCUT2D eigenvalue weighted by Crippen LogP contribution is -2.12. The molecule has 0 fully saturated rings. The number of hydrogen-bond donors (Lipinski definition) is 0. The van der Waals surface area contributed by atoms with Gasteiger partial charge in [0.15, 0.2) is 0 Å². The Hall–Kier alpha value is -1.76. The number of hydrogen-bond acceptors (Lipinski definition) is 0. The van der Waals surface area contributed by atoms with Crippen molar-refractivity contribution in [3.8, 4) is 11.1 Å². The molecule has 0 bridgehead atoms. The molecule has 0 aromatic heterocycles. The van der Waals surface area contributed by atoms with Crippen LogP contribution in [0.4, 0.5) is 11.4 Å². The van der Waals surface area contributed by atoms with Gasteiger partial charge in [-0.3, -0.25) is 0 Å². The quantitative estimate of drug-likeness (QED) is 0.530. The summed E-state index contributed by atoms with van der Waals surface area (Å²) in [5, 5.41) is 4.78. The van der Waals surface area contributed by atoms with E-state index in [1.807, 2.05) is 6.07 Å². The maximum absolute atomic E-state index is 4.78. The van der Waals surface area contributed by atoms with Gasteiger partial charge in [-0.1, -0.05) is 57.2 Å². The monoisotopic (exact) mass is 222 g/mol. The van der Waals surface area contributed by atoms with E-state index in [-0.39, 0.29) is 5.41 Å². The molecule has 0 spiro atoms. The molecule has 17 heavy (non-hydrogen) atoms. The number of rotatable bonds is 0. The van der Waals surface area contributed by atoms with E-state index in [1.54, 1.807) is 0 Å². The largest absolute Gasteiger partial charge is 0.247 e. The molecule has 0 aliphatic carbocycles. The van der Waals surface area contributed by atoms with Crippen molar-refractivity contribution in [2.24, 2.45) is 0 Å². The summed E-state index contributed by atoms with van der Waals surface area (Å²) in [7, 11) is 0. The van der Waals surface area contributed by atoms with Crippen LogP contribution in [-0.2, 0) is 5.41 Å². The third kappa shape index (κ3) is 1.54. The minimum absolute atomic E-state index is 0.136. The van der Waals surface area contributed by atoms with Gasteiger partial charge in [-0.15, -0.1) is 0 Å². The third-order valence-electron chi connectivity index (χ3n) is 3.27. The Kier molecular flexibility index (Phi) is 2.06. The normalized spacial score (nSPS) is 12.9. The number of para-hydroxylation sites is 2. The predicted octanol–water partition coefficient (Wildman–Crippen LogP) is 4.53. The molecule has 1 heteroatoms. The molecular weight excluding hydrogens is 206 g/mol. The Morgan fingerprint density at radius 2 is 1.53 bits per heavy atom. The lowest BCUT2D eigenvalue weighted by Gasteiger charge is -2.21. The van der Waals surface area contributed by atoms with Crippen LogP contribution >= 0.6 is 0 Å². The Balaban J connectivity index is 2.24. The van der Waals surface area contributed by atoms with Crippen molar-refractivity contribution in [2.75, 3.05) is 0 Å². The number of fused-ring (bicyclic) bond motifs is 3. The van der Waals surface area contributed by atoms with E-state index in [9.17, 15) is 0 Å². The summed E-state index contributed by atoms with van der Waals surface area (Å²) >= 11 is 0. The van der Waals surface area contributed by atoms with Crippen LogP contribution in [0.3, 0.4) is 0 Å². The Bertz CT molecular complexity index is 576. The molecular formula is C16H16N. The average Bonchev–Trinajstić information content (AvgIpc) is 2.65. The molecule has 85 valence electrons. The van der Waals surface area contributed by atoms with Gasteiger partial charge in [0.1, 0.15) is 0 Å². The summed E-state index contributed by atoms with van der Waals surface area (Å²) in [4.78, 5) is 0. The van der Waals surface area contributed by atoms with E-state index in [0.29, 0.717) is 0 Å². The fourth-order valence-corrected chi connectivity index (χ4v) is 2.41. The molecule has 0 saturated heterocycles. The van der Waals surface area contributed by atoms with Gasteiger partial charge in [0.25, 0.3) is 0 Å². The van der Waals surface area contributed by atoms with E-state index >= 15 is 0 Å². The summed E-state index contributed by atoms with van der Waals surface area (Å²) in [5.41, 5.74) is 6.24. The van der Waals surface area contributed by atoms with Gasteiger partial charge in [0.2, 0.25) is 0 Å². The van der Waals surface area contributed by atoms with Crippen molar-refractivity contribution in [2.45, 2.75) is 26.2 Å². The van der Waals surface area contributed by atoms with Crippen LogP contribution in [0.2, 0.25) is 0 Å². The molecule has 3 rings (SSSR count). The van der Waals surface area contributed by atoms with Crippen molar-refractivity contribution in [3.63, 3.8) is 0 Å². The highest BCUT2D eigenvalue weighted by atomic mass is 14.9. The van der Waals surface area contributed by atoms with Crippen LogP contribution in [0.15, 0.2) is 42.5 Å². The topological polar surface area (TPSA) is 14.1 Å². The maximum atomic E-state index is 4.78. The standard InChI is InChI=1S/C16H16N/c1-16(2,3)13-9-6-8-12-11-7-4-5-10-14(11)17-15(12)13/h4-10H,1-3H3. The average molecular weight is 222 g/mol. The molecule has 2 aromatic rings. The second kappa shape index (κ2) is 3.36. The summed E-state index contributed by atoms with van der Waals surface area (Å²) in [6.07, 6.45) is 0. The van der Waals surface area contributed by atoms with Crippen LogP contribution in [-0.4, -0.2) is 0 Å². The molecule has 1 nitrogen and oxygen atoms in total. The second-order valence-corrected chi connectivity index (χ2v) is 5.58. The Morgan fingerprint density at radius 1 is 0.824 bits per heavy atom. The van der Waals surface area contributed by atoms with E-state index in [2.05, 4.69) is 57.2 Å². The third-order valence-corrected chi connectivity index (χ3v) is 3.27. The second-order valence-electron chi connectivity index (χ2n) is 5.58. The number of nitrogens with zero attached hydrogens (tertiary/aromatic N) is 1. The molecule has 0 amide bonds. The fourth-order valence-electron chi connectivity index (χ4n) is 2.41. The zero-order valence-electron chi connectivity index (χ0n) is 10.5. The van der Waals surface area contributed by atoms with Crippen LogP contribution in [0.5, 0.6) is 0 Å².